The molecule has 8 heteroatoms. The third-order valence-corrected chi connectivity index (χ3v) is 3.86. The van der Waals surface area contributed by atoms with Gasteiger partial charge in [-0.1, -0.05) is 0 Å². The smallest absolute Gasteiger partial charge is 0.416 e. The Morgan fingerprint density at radius 3 is 2.61 bits per heavy atom. The van der Waals surface area contributed by atoms with Crippen LogP contribution in [0.15, 0.2) is 48.7 Å². The topological polar surface area (TPSA) is 48.4 Å². The molecule has 2 aromatic carbocycles. The molecule has 0 aliphatic carbocycles. The summed E-state index contributed by atoms with van der Waals surface area (Å²) in [5.74, 6) is -1.12. The Labute approximate surface area is 157 Å². The molecule has 1 heterocycles. The van der Waals surface area contributed by atoms with Crippen molar-refractivity contribution >= 4 is 16.9 Å². The number of pyridine rings is 1. The Kier molecular flexibility index (Phi) is 5.48. The summed E-state index contributed by atoms with van der Waals surface area (Å²) in [5, 5.41) is 0.669. The lowest BCUT2D eigenvalue weighted by Crippen LogP contribution is -2.07. The van der Waals surface area contributed by atoms with E-state index in [9.17, 15) is 22.4 Å². The van der Waals surface area contributed by atoms with E-state index in [1.165, 1.54) is 6.20 Å². The highest BCUT2D eigenvalue weighted by molar-refractivity contribution is 5.93. The van der Waals surface area contributed by atoms with Crippen LogP contribution in [0.5, 0.6) is 5.75 Å². The standard InChI is InChI=1S/C20H15F4NO3/c1-2-27-19(26)14-7-13-3-4-17(9-18(13)25-10-14)28-11-12-5-15(20(22,23)24)8-16(21)6-12/h3-10H,2,11H2,1H3. The molecule has 3 rings (SSSR count). The van der Waals surface area contributed by atoms with Crippen LogP contribution in [0.3, 0.4) is 0 Å². The number of hydrogen-bond acceptors (Lipinski definition) is 4. The molecule has 146 valence electrons. The third-order valence-electron chi connectivity index (χ3n) is 3.86. The molecule has 0 spiro atoms. The lowest BCUT2D eigenvalue weighted by Gasteiger charge is -2.11. The van der Waals surface area contributed by atoms with E-state index in [-0.39, 0.29) is 18.8 Å². The number of carbonyl (C=O) groups is 1. The average Bonchev–Trinajstić information content (AvgIpc) is 2.65. The number of rotatable bonds is 5. The van der Waals surface area contributed by atoms with Gasteiger partial charge in [-0.25, -0.2) is 9.18 Å². The van der Waals surface area contributed by atoms with Crippen LogP contribution in [0.1, 0.15) is 28.4 Å². The maximum Gasteiger partial charge on any atom is 0.416 e. The molecule has 0 amide bonds. The van der Waals surface area contributed by atoms with Crippen molar-refractivity contribution in [1.82, 2.24) is 4.98 Å². The summed E-state index contributed by atoms with van der Waals surface area (Å²) in [4.78, 5) is 15.9. The Morgan fingerprint density at radius 2 is 1.89 bits per heavy atom. The molecule has 28 heavy (non-hydrogen) atoms. The Bertz CT molecular complexity index is 1020. The van der Waals surface area contributed by atoms with Crippen molar-refractivity contribution in [3.8, 4) is 5.75 Å². The number of hydrogen-bond donors (Lipinski definition) is 0. The van der Waals surface area contributed by atoms with Crippen molar-refractivity contribution < 1.29 is 31.8 Å². The zero-order chi connectivity index (χ0) is 20.3. The van der Waals surface area contributed by atoms with E-state index in [4.69, 9.17) is 9.47 Å². The molecular formula is C20H15F4NO3. The first-order valence-corrected chi connectivity index (χ1v) is 8.32. The second-order valence-electron chi connectivity index (χ2n) is 5.93. The van der Waals surface area contributed by atoms with Crippen LogP contribution >= 0.6 is 0 Å². The summed E-state index contributed by atoms with van der Waals surface area (Å²) in [5.41, 5.74) is -0.181. The van der Waals surface area contributed by atoms with Crippen molar-refractivity contribution in [2.75, 3.05) is 6.61 Å². The summed E-state index contributed by atoms with van der Waals surface area (Å²) in [6, 6.07) is 8.70. The van der Waals surface area contributed by atoms with E-state index in [0.29, 0.717) is 28.3 Å². The second-order valence-corrected chi connectivity index (χ2v) is 5.93. The molecule has 0 saturated heterocycles. The number of esters is 1. The van der Waals surface area contributed by atoms with E-state index >= 15 is 0 Å². The van der Waals surface area contributed by atoms with Gasteiger partial charge in [0.1, 0.15) is 18.2 Å². The van der Waals surface area contributed by atoms with Crippen molar-refractivity contribution in [1.29, 1.82) is 0 Å². The first-order valence-electron chi connectivity index (χ1n) is 8.32. The van der Waals surface area contributed by atoms with Gasteiger partial charge in [0.15, 0.2) is 0 Å². The van der Waals surface area contributed by atoms with Gasteiger partial charge < -0.3 is 9.47 Å². The van der Waals surface area contributed by atoms with Crippen molar-refractivity contribution in [2.45, 2.75) is 19.7 Å². The molecule has 0 fully saturated rings. The number of nitrogens with zero attached hydrogens (tertiary/aromatic N) is 1. The normalized spacial score (nSPS) is 11.5. The van der Waals surface area contributed by atoms with E-state index in [2.05, 4.69) is 4.98 Å². The molecule has 0 aliphatic heterocycles. The number of fused-ring (bicyclic) bond motifs is 1. The predicted octanol–water partition coefficient (Wildman–Crippen LogP) is 5.15. The fourth-order valence-electron chi connectivity index (χ4n) is 2.58. The number of benzene rings is 2. The van der Waals surface area contributed by atoms with Gasteiger partial charge in [-0.2, -0.15) is 13.2 Å². The van der Waals surface area contributed by atoms with Crippen molar-refractivity contribution in [3.05, 3.63) is 71.2 Å². The first-order chi connectivity index (χ1) is 13.3. The first kappa shape index (κ1) is 19.6. The van der Waals surface area contributed by atoms with E-state index < -0.39 is 23.5 Å². The van der Waals surface area contributed by atoms with Crippen molar-refractivity contribution in [2.24, 2.45) is 0 Å². The Hall–Kier alpha value is -3.16. The highest BCUT2D eigenvalue weighted by Crippen LogP contribution is 2.31. The molecule has 1 aromatic heterocycles. The highest BCUT2D eigenvalue weighted by Gasteiger charge is 2.31. The molecule has 0 radical (unpaired) electrons. The zero-order valence-corrected chi connectivity index (χ0v) is 14.7. The summed E-state index contributed by atoms with van der Waals surface area (Å²) in [7, 11) is 0. The summed E-state index contributed by atoms with van der Waals surface area (Å²) in [6.07, 6.45) is -3.27. The molecular weight excluding hydrogens is 378 g/mol. The fourth-order valence-corrected chi connectivity index (χ4v) is 2.58. The molecule has 0 saturated carbocycles. The van der Waals surface area contributed by atoms with E-state index in [1.807, 2.05) is 0 Å². The van der Waals surface area contributed by atoms with Gasteiger partial charge in [0.2, 0.25) is 0 Å². The predicted molar refractivity (Wildman–Crippen MR) is 93.4 cm³/mol. The number of carbonyl (C=O) groups excluding carboxylic acids is 1. The van der Waals surface area contributed by atoms with Gasteiger partial charge in [-0.15, -0.1) is 0 Å². The van der Waals surface area contributed by atoms with Gasteiger partial charge in [-0.3, -0.25) is 4.98 Å². The van der Waals surface area contributed by atoms with Crippen molar-refractivity contribution in [3.63, 3.8) is 0 Å². The van der Waals surface area contributed by atoms with Crippen LogP contribution in [-0.2, 0) is 17.5 Å². The van der Waals surface area contributed by atoms with Crippen LogP contribution in [0.25, 0.3) is 10.9 Å². The number of aromatic nitrogens is 1. The molecule has 4 nitrogen and oxygen atoms in total. The molecule has 3 aromatic rings. The molecule has 0 atom stereocenters. The van der Waals surface area contributed by atoms with Crippen LogP contribution in [-0.4, -0.2) is 17.6 Å². The zero-order valence-electron chi connectivity index (χ0n) is 14.7. The van der Waals surface area contributed by atoms with Crippen LogP contribution in [0.2, 0.25) is 0 Å². The number of halogens is 4. The van der Waals surface area contributed by atoms with Crippen LogP contribution in [0, 0.1) is 5.82 Å². The number of alkyl halides is 3. The maximum atomic E-state index is 13.4. The van der Waals surface area contributed by atoms with Gasteiger partial charge in [0.05, 0.1) is 23.3 Å². The van der Waals surface area contributed by atoms with Gasteiger partial charge in [-0.05, 0) is 48.9 Å². The van der Waals surface area contributed by atoms with Crippen LogP contribution < -0.4 is 4.74 Å². The lowest BCUT2D eigenvalue weighted by molar-refractivity contribution is -0.137. The molecule has 0 bridgehead atoms. The lowest BCUT2D eigenvalue weighted by atomic mass is 10.1. The highest BCUT2D eigenvalue weighted by atomic mass is 19.4. The largest absolute Gasteiger partial charge is 0.489 e. The molecule has 0 N–H and O–H groups in total. The third kappa shape index (κ3) is 4.57. The summed E-state index contributed by atoms with van der Waals surface area (Å²) >= 11 is 0. The quantitative estimate of drug-likeness (QED) is 0.444. The SMILES string of the molecule is CCOC(=O)c1cnc2cc(OCc3cc(F)cc(C(F)(F)F)c3)ccc2c1. The summed E-state index contributed by atoms with van der Waals surface area (Å²) < 4.78 is 62.2. The average molecular weight is 393 g/mol. The minimum atomic E-state index is -4.64. The monoisotopic (exact) mass is 393 g/mol. The maximum absolute atomic E-state index is 13.4. The van der Waals surface area contributed by atoms with Crippen LogP contribution in [0.4, 0.5) is 17.6 Å². The Morgan fingerprint density at radius 1 is 1.11 bits per heavy atom. The fraction of sp³-hybridized carbons (Fsp3) is 0.200. The van der Waals surface area contributed by atoms with E-state index in [0.717, 1.165) is 12.1 Å². The minimum absolute atomic E-state index is 0.0537. The van der Waals surface area contributed by atoms with E-state index in [1.54, 1.807) is 31.2 Å². The van der Waals surface area contributed by atoms with Gasteiger partial charge >= 0.3 is 12.1 Å². The minimum Gasteiger partial charge on any atom is -0.489 e. The molecule has 0 aliphatic rings. The molecule has 0 unspecified atom stereocenters. The van der Waals surface area contributed by atoms with Gasteiger partial charge in [0.25, 0.3) is 0 Å². The Balaban J connectivity index is 1.77. The summed E-state index contributed by atoms with van der Waals surface area (Å²) in [6.45, 7) is 1.71. The number of ether oxygens (including phenoxy) is 2. The second kappa shape index (κ2) is 7.84. The van der Waals surface area contributed by atoms with Gasteiger partial charge in [0, 0.05) is 17.6 Å².